The third-order valence-corrected chi connectivity index (χ3v) is 3.60. The highest BCUT2D eigenvalue weighted by atomic mass is 35.5. The van der Waals surface area contributed by atoms with Gasteiger partial charge in [0, 0.05) is 12.2 Å². The number of hydrogen-bond donors (Lipinski definition) is 2. The lowest BCUT2D eigenvalue weighted by atomic mass is 10.2. The van der Waals surface area contributed by atoms with Crippen molar-refractivity contribution in [3.63, 3.8) is 0 Å². The molecule has 0 saturated heterocycles. The lowest BCUT2D eigenvalue weighted by Gasteiger charge is -2.10. The van der Waals surface area contributed by atoms with Gasteiger partial charge in [0.05, 0.1) is 18.7 Å². The molecule has 0 saturated carbocycles. The first kappa shape index (κ1) is 17.9. The van der Waals surface area contributed by atoms with E-state index in [2.05, 4.69) is 10.6 Å². The van der Waals surface area contributed by atoms with Crippen LogP contribution >= 0.6 is 11.6 Å². The van der Waals surface area contributed by atoms with Gasteiger partial charge in [0.15, 0.2) is 0 Å². The lowest BCUT2D eigenvalue weighted by Crippen LogP contribution is -2.30. The van der Waals surface area contributed by atoms with Gasteiger partial charge < -0.3 is 20.1 Å². The van der Waals surface area contributed by atoms with E-state index in [0.717, 1.165) is 5.75 Å². The highest BCUT2D eigenvalue weighted by Gasteiger charge is 2.05. The number of nitrogens with one attached hydrogen (secondary N) is 2. The Morgan fingerprint density at radius 1 is 1.17 bits per heavy atom. The van der Waals surface area contributed by atoms with Crippen LogP contribution in [0.2, 0.25) is 5.02 Å². The van der Waals surface area contributed by atoms with Crippen LogP contribution in [0.15, 0.2) is 42.5 Å². The van der Waals surface area contributed by atoms with Crippen molar-refractivity contribution in [2.24, 2.45) is 0 Å². The summed E-state index contributed by atoms with van der Waals surface area (Å²) in [6.07, 6.45) is 0.713. The summed E-state index contributed by atoms with van der Waals surface area (Å²) in [6, 6.07) is 12.7. The molecule has 2 rings (SSSR count). The number of carbonyl (C=O) groups is 1. The van der Waals surface area contributed by atoms with Crippen LogP contribution in [0.5, 0.6) is 11.5 Å². The number of rotatable bonds is 7. The van der Waals surface area contributed by atoms with Gasteiger partial charge in [-0.3, -0.25) is 0 Å². The zero-order chi connectivity index (χ0) is 17.4. The maximum absolute atomic E-state index is 11.8. The van der Waals surface area contributed by atoms with Crippen molar-refractivity contribution in [3.8, 4) is 11.5 Å². The number of carbonyl (C=O) groups excluding carboxylic acids is 1. The number of amides is 2. The second kappa shape index (κ2) is 9.03. The summed E-state index contributed by atoms with van der Waals surface area (Å²) in [5, 5.41) is 5.93. The second-order valence-electron chi connectivity index (χ2n) is 5.25. The molecule has 0 radical (unpaired) electrons. The molecular formula is C18H21ClN2O3. The highest BCUT2D eigenvalue weighted by Crippen LogP contribution is 2.27. The minimum atomic E-state index is -0.286. The van der Waals surface area contributed by atoms with E-state index >= 15 is 0 Å². The summed E-state index contributed by atoms with van der Waals surface area (Å²) >= 11 is 6.01. The highest BCUT2D eigenvalue weighted by molar-refractivity contribution is 6.32. The largest absolute Gasteiger partial charge is 0.495 e. The zero-order valence-corrected chi connectivity index (χ0v) is 14.5. The molecule has 2 aromatic carbocycles. The third kappa shape index (κ3) is 5.66. The Balaban J connectivity index is 1.66. The fourth-order valence-corrected chi connectivity index (χ4v) is 2.28. The Kier molecular flexibility index (Phi) is 6.75. The van der Waals surface area contributed by atoms with Crippen LogP contribution in [0.3, 0.4) is 0 Å². The van der Waals surface area contributed by atoms with Gasteiger partial charge in [-0.25, -0.2) is 4.79 Å². The maximum Gasteiger partial charge on any atom is 0.319 e. The number of ether oxygens (including phenoxy) is 2. The van der Waals surface area contributed by atoms with Crippen molar-refractivity contribution in [1.82, 2.24) is 5.32 Å². The molecular weight excluding hydrogens is 328 g/mol. The molecule has 0 aliphatic carbocycles. The van der Waals surface area contributed by atoms with E-state index in [1.54, 1.807) is 25.3 Å². The lowest BCUT2D eigenvalue weighted by molar-refractivity contribution is 0.250. The number of aryl methyl sites for hydroxylation is 1. The van der Waals surface area contributed by atoms with E-state index in [1.165, 1.54) is 5.56 Å². The molecule has 0 aromatic heterocycles. The number of methoxy groups -OCH3 is 1. The summed E-state index contributed by atoms with van der Waals surface area (Å²) < 4.78 is 10.7. The average molecular weight is 349 g/mol. The Hall–Kier alpha value is -2.40. The maximum atomic E-state index is 11.8. The molecule has 0 unspecified atom stereocenters. The van der Waals surface area contributed by atoms with Crippen LogP contribution in [0, 0.1) is 6.92 Å². The molecule has 5 nitrogen and oxygen atoms in total. The van der Waals surface area contributed by atoms with Crippen LogP contribution in [-0.4, -0.2) is 26.3 Å². The van der Waals surface area contributed by atoms with Gasteiger partial charge in [-0.05, 0) is 43.7 Å². The van der Waals surface area contributed by atoms with E-state index in [-0.39, 0.29) is 6.03 Å². The van der Waals surface area contributed by atoms with Crippen LogP contribution in [0.1, 0.15) is 12.0 Å². The summed E-state index contributed by atoms with van der Waals surface area (Å²) in [4.78, 5) is 11.8. The van der Waals surface area contributed by atoms with Crippen LogP contribution in [0.4, 0.5) is 10.5 Å². The van der Waals surface area contributed by atoms with Gasteiger partial charge >= 0.3 is 6.03 Å². The fourth-order valence-electron chi connectivity index (χ4n) is 2.02. The predicted molar refractivity (Wildman–Crippen MR) is 96.3 cm³/mol. The standard InChI is InChI=1S/C18H21ClN2O3/c1-13-4-7-15(8-5-13)24-11-3-10-20-18(22)21-14-6-9-17(23-2)16(19)12-14/h4-9,12H,3,10-11H2,1-2H3,(H2,20,21,22). The van der Waals surface area contributed by atoms with Gasteiger partial charge in [0.1, 0.15) is 11.5 Å². The minimum absolute atomic E-state index is 0.286. The average Bonchev–Trinajstić information content (AvgIpc) is 2.56. The SMILES string of the molecule is COc1ccc(NC(=O)NCCCOc2ccc(C)cc2)cc1Cl. The van der Waals surface area contributed by atoms with Gasteiger partial charge in [-0.2, -0.15) is 0 Å². The number of benzene rings is 2. The van der Waals surface area contributed by atoms with E-state index < -0.39 is 0 Å². The smallest absolute Gasteiger partial charge is 0.319 e. The Morgan fingerprint density at radius 3 is 2.58 bits per heavy atom. The molecule has 2 N–H and O–H groups in total. The molecule has 128 valence electrons. The molecule has 0 atom stereocenters. The van der Waals surface area contributed by atoms with Crippen molar-refractivity contribution in [1.29, 1.82) is 0 Å². The first-order valence-corrected chi connectivity index (χ1v) is 8.04. The molecule has 24 heavy (non-hydrogen) atoms. The monoisotopic (exact) mass is 348 g/mol. The summed E-state index contributed by atoms with van der Waals surface area (Å²) in [5.41, 5.74) is 1.80. The predicted octanol–water partition coefficient (Wildman–Crippen LogP) is 4.25. The van der Waals surface area contributed by atoms with Crippen molar-refractivity contribution in [2.75, 3.05) is 25.6 Å². The Bertz CT molecular complexity index is 674. The normalized spacial score (nSPS) is 10.1. The van der Waals surface area contributed by atoms with E-state index in [9.17, 15) is 4.79 Å². The molecule has 0 heterocycles. The van der Waals surface area contributed by atoms with Gasteiger partial charge in [0.2, 0.25) is 0 Å². The third-order valence-electron chi connectivity index (χ3n) is 3.31. The summed E-state index contributed by atoms with van der Waals surface area (Å²) in [7, 11) is 1.54. The quantitative estimate of drug-likeness (QED) is 0.735. The van der Waals surface area contributed by atoms with Crippen molar-refractivity contribution in [3.05, 3.63) is 53.1 Å². The second-order valence-corrected chi connectivity index (χ2v) is 5.65. The Morgan fingerprint density at radius 2 is 1.92 bits per heavy atom. The van der Waals surface area contributed by atoms with Gasteiger partial charge in [0.25, 0.3) is 0 Å². The van der Waals surface area contributed by atoms with Crippen LogP contribution in [0.25, 0.3) is 0 Å². The van der Waals surface area contributed by atoms with Crippen LogP contribution in [-0.2, 0) is 0 Å². The molecule has 0 aliphatic rings. The Labute approximate surface area is 146 Å². The van der Waals surface area contributed by atoms with Gasteiger partial charge in [-0.15, -0.1) is 0 Å². The first-order valence-electron chi connectivity index (χ1n) is 7.66. The van der Waals surface area contributed by atoms with E-state index in [0.29, 0.717) is 36.0 Å². The van der Waals surface area contributed by atoms with E-state index in [4.69, 9.17) is 21.1 Å². The summed E-state index contributed by atoms with van der Waals surface area (Å²) in [5.74, 6) is 1.40. The molecule has 2 amide bonds. The van der Waals surface area contributed by atoms with Gasteiger partial charge in [-0.1, -0.05) is 29.3 Å². The molecule has 0 bridgehead atoms. The zero-order valence-electron chi connectivity index (χ0n) is 13.8. The number of hydrogen-bond acceptors (Lipinski definition) is 3. The van der Waals surface area contributed by atoms with Crippen molar-refractivity contribution >= 4 is 23.3 Å². The molecule has 2 aromatic rings. The number of halogens is 1. The molecule has 0 spiro atoms. The number of urea groups is 1. The molecule has 0 fully saturated rings. The fraction of sp³-hybridized carbons (Fsp3) is 0.278. The number of anilines is 1. The topological polar surface area (TPSA) is 59.6 Å². The van der Waals surface area contributed by atoms with Crippen LogP contribution < -0.4 is 20.1 Å². The molecule has 0 aliphatic heterocycles. The minimum Gasteiger partial charge on any atom is -0.495 e. The van der Waals surface area contributed by atoms with E-state index in [1.807, 2.05) is 31.2 Å². The van der Waals surface area contributed by atoms with Crippen molar-refractivity contribution in [2.45, 2.75) is 13.3 Å². The summed E-state index contributed by atoms with van der Waals surface area (Å²) in [6.45, 7) is 3.08. The molecule has 6 heteroatoms. The first-order chi connectivity index (χ1) is 11.6. The van der Waals surface area contributed by atoms with Crippen molar-refractivity contribution < 1.29 is 14.3 Å².